The molecule has 262 valence electrons. The molecular weight excluding hydrogens is 755 g/mol. The minimum Gasteiger partial charge on any atom is -0.503 e. The van der Waals surface area contributed by atoms with Crippen molar-refractivity contribution in [3.05, 3.63) is 169 Å². The molecule has 0 aliphatic carbocycles. The van der Waals surface area contributed by atoms with E-state index in [0.29, 0.717) is 11.5 Å². The summed E-state index contributed by atoms with van der Waals surface area (Å²) in [6.45, 7) is 6.66. The third kappa shape index (κ3) is 5.50. The van der Waals surface area contributed by atoms with Crippen LogP contribution in [0.25, 0.3) is 77.5 Å². The maximum absolute atomic E-state index is 6.77. The van der Waals surface area contributed by atoms with E-state index in [-0.39, 0.29) is 25.8 Å². The summed E-state index contributed by atoms with van der Waals surface area (Å²) in [5.41, 5.74) is 9.84. The third-order valence-electron chi connectivity index (χ3n) is 10.1. The molecule has 0 spiro atoms. The molecule has 0 amide bonds. The predicted octanol–water partition coefficient (Wildman–Crippen LogP) is 12.2. The van der Waals surface area contributed by atoms with Gasteiger partial charge < -0.3 is 13.7 Å². The van der Waals surface area contributed by atoms with Gasteiger partial charge in [0.2, 0.25) is 0 Å². The van der Waals surface area contributed by atoms with Gasteiger partial charge in [0.1, 0.15) is 5.65 Å². The van der Waals surface area contributed by atoms with Crippen LogP contribution in [0.2, 0.25) is 0 Å². The van der Waals surface area contributed by atoms with Crippen LogP contribution in [-0.4, -0.2) is 18.9 Å². The molecule has 0 unspecified atom stereocenters. The molecule has 0 fully saturated rings. The van der Waals surface area contributed by atoms with Crippen molar-refractivity contribution in [3.8, 4) is 39.7 Å². The summed E-state index contributed by atoms with van der Waals surface area (Å²) in [4.78, 5) is 10.2. The molecule has 5 nitrogen and oxygen atoms in total. The zero-order valence-electron chi connectivity index (χ0n) is 29.9. The van der Waals surface area contributed by atoms with Gasteiger partial charge in [-0.15, -0.1) is 35.9 Å². The van der Waals surface area contributed by atoms with E-state index < -0.39 is 0 Å². The zero-order valence-corrected chi connectivity index (χ0v) is 31.5. The third-order valence-corrected chi connectivity index (χ3v) is 10.1. The molecule has 0 radical (unpaired) electrons. The SMILES string of the molecule is CC(C)(C)c1cc(Oc2[c-]c3c(cc2)c2ccccc2n2c(-c4ccccc4)c(-c4ccccc4)nc32)[c-]c(-n2c3ccccc3c3cccnc32)c1.[Pd+2]. The summed E-state index contributed by atoms with van der Waals surface area (Å²) < 4.78 is 11.2. The topological polar surface area (TPSA) is 44.4 Å². The van der Waals surface area contributed by atoms with Crippen LogP contribution in [0.4, 0.5) is 0 Å². The van der Waals surface area contributed by atoms with Gasteiger partial charge in [0, 0.05) is 39.5 Å². The van der Waals surface area contributed by atoms with Crippen LogP contribution >= 0.6 is 0 Å². The maximum Gasteiger partial charge on any atom is 2.00 e. The van der Waals surface area contributed by atoms with Crippen LogP contribution in [0.1, 0.15) is 26.3 Å². The number of ether oxygens (including phenoxy) is 1. The molecule has 6 heteroatoms. The molecule has 0 aliphatic rings. The fourth-order valence-electron chi connectivity index (χ4n) is 7.61. The van der Waals surface area contributed by atoms with Gasteiger partial charge in [-0.1, -0.05) is 140 Å². The van der Waals surface area contributed by atoms with Crippen molar-refractivity contribution in [2.75, 3.05) is 0 Å². The molecule has 0 atom stereocenters. The van der Waals surface area contributed by atoms with Crippen LogP contribution < -0.4 is 4.74 Å². The number of rotatable bonds is 5. The van der Waals surface area contributed by atoms with Gasteiger partial charge in [0.05, 0.1) is 22.6 Å². The Kier molecular flexibility index (Phi) is 8.19. The minimum absolute atomic E-state index is 0. The van der Waals surface area contributed by atoms with E-state index in [1.165, 1.54) is 0 Å². The Morgan fingerprint density at radius 3 is 1.96 bits per heavy atom. The standard InChI is InChI=1S/C48H34N4O.Pd/c1-48(2,3)33-27-34(51-42-22-12-11-20-39(42)40-21-14-26-49-46(40)51)29-36(28-33)53-35-24-25-37-38-19-10-13-23-43(38)52-45(32-17-8-5-9-18-32)44(31-15-6-4-7-16-31)50-47(52)41(37)30-35;/h4-28H,1-3H3;/q-2;+2. The molecule has 6 aromatic carbocycles. The van der Waals surface area contributed by atoms with Gasteiger partial charge in [0.15, 0.2) is 0 Å². The Morgan fingerprint density at radius 1 is 0.574 bits per heavy atom. The van der Waals surface area contributed by atoms with E-state index in [2.05, 4.69) is 169 Å². The number of para-hydroxylation sites is 2. The molecule has 0 N–H and O–H groups in total. The average molecular weight is 789 g/mol. The Bertz CT molecular complexity index is 2960. The fourth-order valence-corrected chi connectivity index (χ4v) is 7.61. The van der Waals surface area contributed by atoms with Gasteiger partial charge in [-0.25, -0.2) is 4.98 Å². The van der Waals surface area contributed by atoms with Crippen molar-refractivity contribution in [3.63, 3.8) is 0 Å². The molecular formula is C48H34N4OPd. The second kappa shape index (κ2) is 13.1. The molecule has 0 bridgehead atoms. The smallest absolute Gasteiger partial charge is 0.503 e. The van der Waals surface area contributed by atoms with Crippen LogP contribution in [0.5, 0.6) is 11.5 Å². The Balaban J connectivity index is 0.00000384. The summed E-state index contributed by atoms with van der Waals surface area (Å²) in [7, 11) is 0. The minimum atomic E-state index is -0.149. The summed E-state index contributed by atoms with van der Waals surface area (Å²) in [5, 5.41) is 5.32. The summed E-state index contributed by atoms with van der Waals surface area (Å²) in [5.74, 6) is 1.20. The molecule has 10 aromatic rings. The fraction of sp³-hybridized carbons (Fsp3) is 0.0833. The molecule has 54 heavy (non-hydrogen) atoms. The van der Waals surface area contributed by atoms with Gasteiger partial charge in [-0.3, -0.25) is 4.98 Å². The van der Waals surface area contributed by atoms with E-state index >= 15 is 0 Å². The number of pyridine rings is 2. The van der Waals surface area contributed by atoms with Crippen molar-refractivity contribution < 1.29 is 25.2 Å². The maximum atomic E-state index is 6.77. The van der Waals surface area contributed by atoms with Gasteiger partial charge >= 0.3 is 20.4 Å². The van der Waals surface area contributed by atoms with E-state index in [9.17, 15) is 0 Å². The van der Waals surface area contributed by atoms with Gasteiger partial charge in [-0.2, -0.15) is 0 Å². The van der Waals surface area contributed by atoms with Crippen LogP contribution in [-0.2, 0) is 25.8 Å². The van der Waals surface area contributed by atoms with Crippen LogP contribution in [0.3, 0.4) is 0 Å². The van der Waals surface area contributed by atoms with E-state index in [0.717, 1.165) is 83.0 Å². The zero-order chi connectivity index (χ0) is 35.7. The van der Waals surface area contributed by atoms with Crippen molar-refractivity contribution >= 4 is 49.3 Å². The summed E-state index contributed by atoms with van der Waals surface area (Å²) in [6.07, 6.45) is 1.85. The first-order chi connectivity index (χ1) is 25.9. The molecule has 0 aliphatic heterocycles. The van der Waals surface area contributed by atoms with Gasteiger partial charge in [-0.05, 0) is 40.6 Å². The molecule has 0 saturated carbocycles. The number of aromatic nitrogens is 4. The number of fused-ring (bicyclic) bond motifs is 9. The second-order valence-corrected chi connectivity index (χ2v) is 14.5. The molecule has 4 heterocycles. The van der Waals surface area contributed by atoms with Crippen molar-refractivity contribution in [1.82, 2.24) is 18.9 Å². The molecule has 4 aromatic heterocycles. The largest absolute Gasteiger partial charge is 2.00 e. The van der Waals surface area contributed by atoms with Crippen LogP contribution in [0, 0.1) is 12.1 Å². The van der Waals surface area contributed by atoms with Crippen molar-refractivity contribution in [2.24, 2.45) is 0 Å². The van der Waals surface area contributed by atoms with Crippen molar-refractivity contribution in [1.29, 1.82) is 0 Å². The number of benzene rings is 6. The van der Waals surface area contributed by atoms with Gasteiger partial charge in [0.25, 0.3) is 0 Å². The number of nitrogens with zero attached hydrogens (tertiary/aromatic N) is 4. The number of imidazole rings is 1. The monoisotopic (exact) mass is 788 g/mol. The Morgan fingerprint density at radius 2 is 1.22 bits per heavy atom. The van der Waals surface area contributed by atoms with Crippen molar-refractivity contribution in [2.45, 2.75) is 26.2 Å². The average Bonchev–Trinajstić information content (AvgIpc) is 3.76. The quantitative estimate of drug-likeness (QED) is 0.0991. The Labute approximate surface area is 327 Å². The molecule has 10 rings (SSSR count). The predicted molar refractivity (Wildman–Crippen MR) is 216 cm³/mol. The Hall–Kier alpha value is -6.06. The van der Waals surface area contributed by atoms with E-state index in [1.54, 1.807) is 0 Å². The second-order valence-electron chi connectivity index (χ2n) is 14.5. The first-order valence-electron chi connectivity index (χ1n) is 17.9. The van der Waals surface area contributed by atoms with E-state index in [4.69, 9.17) is 14.7 Å². The first kappa shape index (κ1) is 33.8. The first-order valence-corrected chi connectivity index (χ1v) is 17.9. The normalized spacial score (nSPS) is 11.8. The number of hydrogen-bond donors (Lipinski definition) is 0. The van der Waals surface area contributed by atoms with Crippen LogP contribution in [0.15, 0.2) is 152 Å². The van der Waals surface area contributed by atoms with E-state index in [1.807, 2.05) is 24.4 Å². The summed E-state index contributed by atoms with van der Waals surface area (Å²) >= 11 is 0. The number of hydrogen-bond acceptors (Lipinski definition) is 3. The summed E-state index contributed by atoms with van der Waals surface area (Å²) in [6, 6.07) is 57.7. The molecule has 0 saturated heterocycles.